The number of carbonyl (C=O) groups is 3. The van der Waals surface area contributed by atoms with Crippen molar-refractivity contribution in [3.05, 3.63) is 41.2 Å². The fourth-order valence-corrected chi connectivity index (χ4v) is 4.20. The molecule has 3 amide bonds. The maximum atomic E-state index is 12.9. The first kappa shape index (κ1) is 26.0. The summed E-state index contributed by atoms with van der Waals surface area (Å²) in [7, 11) is 3.41. The van der Waals surface area contributed by atoms with Crippen LogP contribution in [0.25, 0.3) is 0 Å². The number of likely N-dealkylation sites (N-methyl/N-ethyl adjacent to an activating group) is 1. The van der Waals surface area contributed by atoms with E-state index in [1.807, 2.05) is 11.9 Å². The van der Waals surface area contributed by atoms with Crippen molar-refractivity contribution in [2.24, 2.45) is 0 Å². The van der Waals surface area contributed by atoms with E-state index < -0.39 is 6.03 Å². The lowest BCUT2D eigenvalue weighted by Gasteiger charge is -2.32. The van der Waals surface area contributed by atoms with E-state index in [1.165, 1.54) is 18.1 Å². The van der Waals surface area contributed by atoms with Crippen LogP contribution in [0.1, 0.15) is 34.5 Å². The van der Waals surface area contributed by atoms with Crippen LogP contribution in [0.3, 0.4) is 0 Å². The number of urea groups is 1. The Labute approximate surface area is 215 Å². The minimum atomic E-state index is -0.520. The number of nitrogens with zero attached hydrogens (tertiary/aromatic N) is 6. The first-order valence-electron chi connectivity index (χ1n) is 12.1. The second-order valence-electron chi connectivity index (χ2n) is 9.12. The van der Waals surface area contributed by atoms with Gasteiger partial charge in [0.05, 0.1) is 23.9 Å². The highest BCUT2D eigenvalue weighted by atomic mass is 16.5. The second-order valence-corrected chi connectivity index (χ2v) is 9.12. The predicted octanol–water partition coefficient (Wildman–Crippen LogP) is 1.69. The Hall–Kier alpha value is -4.08. The first-order chi connectivity index (χ1) is 17.9. The van der Waals surface area contributed by atoms with Crippen LogP contribution in [0, 0.1) is 11.3 Å². The molecule has 2 fully saturated rings. The molecule has 0 aromatic carbocycles. The Morgan fingerprint density at radius 2 is 2.22 bits per heavy atom. The van der Waals surface area contributed by atoms with Gasteiger partial charge in [-0.25, -0.2) is 14.8 Å². The molecule has 4 heterocycles. The number of piperazine rings is 1. The summed E-state index contributed by atoms with van der Waals surface area (Å²) < 4.78 is 5.61. The fourth-order valence-electron chi connectivity index (χ4n) is 4.20. The summed E-state index contributed by atoms with van der Waals surface area (Å²) >= 11 is 0. The summed E-state index contributed by atoms with van der Waals surface area (Å²) in [6.07, 6.45) is 4.06. The summed E-state index contributed by atoms with van der Waals surface area (Å²) in [5.41, 5.74) is 1.69. The van der Waals surface area contributed by atoms with E-state index in [2.05, 4.69) is 26.7 Å². The van der Waals surface area contributed by atoms with Crippen molar-refractivity contribution in [1.29, 1.82) is 5.26 Å². The van der Waals surface area contributed by atoms with Crippen LogP contribution in [0.2, 0.25) is 0 Å². The van der Waals surface area contributed by atoms with Crippen LogP contribution in [0.15, 0.2) is 24.4 Å². The molecule has 0 spiro atoms. The molecule has 1 atom stereocenters. The lowest BCUT2D eigenvalue weighted by atomic mass is 10.1. The summed E-state index contributed by atoms with van der Waals surface area (Å²) in [5, 5.41) is 15.3. The molecule has 0 bridgehead atoms. The summed E-state index contributed by atoms with van der Waals surface area (Å²) in [6, 6.07) is 6.50. The number of nitriles is 1. The molecule has 2 N–H and O–H groups in total. The first-order valence-corrected chi connectivity index (χ1v) is 12.1. The van der Waals surface area contributed by atoms with Gasteiger partial charge in [0.2, 0.25) is 5.91 Å². The van der Waals surface area contributed by atoms with E-state index in [4.69, 9.17) is 4.74 Å². The van der Waals surface area contributed by atoms with Crippen molar-refractivity contribution in [3.8, 4) is 6.07 Å². The normalized spacial score (nSPS) is 17.8. The van der Waals surface area contributed by atoms with Crippen molar-refractivity contribution < 1.29 is 19.1 Å². The molecule has 0 radical (unpaired) electrons. The van der Waals surface area contributed by atoms with Crippen LogP contribution in [-0.4, -0.2) is 91.0 Å². The van der Waals surface area contributed by atoms with Crippen molar-refractivity contribution in [1.82, 2.24) is 19.8 Å². The number of aromatic nitrogens is 2. The monoisotopic (exact) mass is 506 g/mol. The zero-order valence-corrected chi connectivity index (χ0v) is 20.9. The summed E-state index contributed by atoms with van der Waals surface area (Å²) in [4.78, 5) is 50.4. The van der Waals surface area contributed by atoms with E-state index >= 15 is 0 Å². The SMILES string of the molecule is CN1CCN(Cc2ccc(N(C)C(=O)Nc3cc(NCC4CCCO4)c(C#N)cn3)nc2C=O)C(=O)C1. The molecule has 0 saturated carbocycles. The van der Waals surface area contributed by atoms with E-state index in [0.29, 0.717) is 42.7 Å². The molecule has 2 aliphatic heterocycles. The van der Waals surface area contributed by atoms with Gasteiger partial charge in [-0.2, -0.15) is 5.26 Å². The minimum absolute atomic E-state index is 0.00860. The van der Waals surface area contributed by atoms with E-state index in [9.17, 15) is 19.6 Å². The maximum absolute atomic E-state index is 12.9. The number of carbonyl (C=O) groups excluding carboxylic acids is 3. The molecule has 2 saturated heterocycles. The summed E-state index contributed by atoms with van der Waals surface area (Å²) in [6.45, 7) is 3.22. The van der Waals surface area contributed by atoms with Crippen LogP contribution in [0.5, 0.6) is 0 Å². The Bertz CT molecular complexity index is 1210. The second kappa shape index (κ2) is 11.8. The highest BCUT2D eigenvalue weighted by molar-refractivity contribution is 6.00. The lowest BCUT2D eigenvalue weighted by Crippen LogP contribution is -2.48. The third kappa shape index (κ3) is 6.38. The molecule has 12 nitrogen and oxygen atoms in total. The molecular weight excluding hydrogens is 476 g/mol. The maximum Gasteiger partial charge on any atom is 0.328 e. The van der Waals surface area contributed by atoms with Crippen molar-refractivity contribution in [2.45, 2.75) is 25.5 Å². The molecule has 37 heavy (non-hydrogen) atoms. The van der Waals surface area contributed by atoms with E-state index in [0.717, 1.165) is 26.0 Å². The van der Waals surface area contributed by atoms with Gasteiger partial charge < -0.3 is 15.0 Å². The number of amides is 3. The van der Waals surface area contributed by atoms with Crippen molar-refractivity contribution in [3.63, 3.8) is 0 Å². The Kier molecular flexibility index (Phi) is 8.27. The quantitative estimate of drug-likeness (QED) is 0.511. The van der Waals surface area contributed by atoms with Gasteiger partial charge in [-0.3, -0.25) is 24.7 Å². The highest BCUT2D eigenvalue weighted by Gasteiger charge is 2.23. The Morgan fingerprint density at radius 1 is 1.38 bits per heavy atom. The van der Waals surface area contributed by atoms with Crippen LogP contribution in [0.4, 0.5) is 22.1 Å². The fraction of sp³-hybridized carbons (Fsp3) is 0.440. The number of nitrogens with one attached hydrogen (secondary N) is 2. The van der Waals surface area contributed by atoms with Crippen molar-refractivity contribution in [2.75, 3.05) is 62.4 Å². The molecule has 2 aromatic rings. The number of anilines is 3. The average Bonchev–Trinajstić information content (AvgIpc) is 3.42. The van der Waals surface area contributed by atoms with Gasteiger partial charge in [0, 0.05) is 57.7 Å². The zero-order chi connectivity index (χ0) is 26.4. The third-order valence-electron chi connectivity index (χ3n) is 6.43. The van der Waals surface area contributed by atoms with Crippen LogP contribution in [-0.2, 0) is 16.1 Å². The van der Waals surface area contributed by atoms with Gasteiger partial charge in [-0.05, 0) is 26.0 Å². The predicted molar refractivity (Wildman–Crippen MR) is 136 cm³/mol. The number of rotatable bonds is 8. The zero-order valence-electron chi connectivity index (χ0n) is 20.9. The number of ether oxygens (including phenoxy) is 1. The van der Waals surface area contributed by atoms with Crippen LogP contribution < -0.4 is 15.5 Å². The highest BCUT2D eigenvalue weighted by Crippen LogP contribution is 2.21. The average molecular weight is 507 g/mol. The molecule has 194 valence electrons. The van der Waals surface area contributed by atoms with Gasteiger partial charge in [-0.1, -0.05) is 6.07 Å². The molecule has 4 rings (SSSR count). The van der Waals surface area contributed by atoms with E-state index in [-0.39, 0.29) is 35.9 Å². The molecule has 1 unspecified atom stereocenters. The van der Waals surface area contributed by atoms with E-state index in [1.54, 1.807) is 23.1 Å². The van der Waals surface area contributed by atoms with Gasteiger partial charge >= 0.3 is 6.03 Å². The Balaban J connectivity index is 1.42. The molecular formula is C25H30N8O4. The molecule has 2 aliphatic rings. The topological polar surface area (TPSA) is 144 Å². The Morgan fingerprint density at radius 3 is 2.92 bits per heavy atom. The van der Waals surface area contributed by atoms with Gasteiger partial charge in [0.15, 0.2) is 6.29 Å². The number of pyridine rings is 2. The molecule has 12 heteroatoms. The molecule has 0 aliphatic carbocycles. The minimum Gasteiger partial charge on any atom is -0.381 e. The van der Waals surface area contributed by atoms with Gasteiger partial charge in [0.1, 0.15) is 23.4 Å². The van der Waals surface area contributed by atoms with Crippen LogP contribution >= 0.6 is 0 Å². The summed E-state index contributed by atoms with van der Waals surface area (Å²) in [5.74, 6) is 0.510. The molecule has 2 aromatic heterocycles. The third-order valence-corrected chi connectivity index (χ3v) is 6.43. The van der Waals surface area contributed by atoms with Gasteiger partial charge in [0.25, 0.3) is 0 Å². The lowest BCUT2D eigenvalue weighted by molar-refractivity contribution is -0.136. The number of hydrogen-bond acceptors (Lipinski definition) is 9. The largest absolute Gasteiger partial charge is 0.381 e. The van der Waals surface area contributed by atoms with Gasteiger partial charge in [-0.15, -0.1) is 0 Å². The smallest absolute Gasteiger partial charge is 0.328 e. The van der Waals surface area contributed by atoms with Crippen molar-refractivity contribution >= 4 is 35.5 Å². The number of hydrogen-bond donors (Lipinski definition) is 2. The number of aldehydes is 1. The standard InChI is InChI=1S/C25H30N8O4/c1-31-7-8-33(24(35)15-31)14-17-5-6-23(29-21(17)16-34)32(2)25(36)30-22-10-20(18(11-26)12-28-22)27-13-19-4-3-9-37-19/h5-6,10,12,16,19H,3-4,7-9,13-15H2,1-2H3,(H2,27,28,30,36).